The molecule has 1 aliphatic rings. The highest BCUT2D eigenvalue weighted by Gasteiger charge is 2.23. The second-order valence-corrected chi connectivity index (χ2v) is 7.57. The molecule has 0 fully saturated rings. The molecule has 6 heteroatoms. The van der Waals surface area contributed by atoms with Gasteiger partial charge in [0.25, 0.3) is 11.6 Å². The molecule has 2 heterocycles. The summed E-state index contributed by atoms with van der Waals surface area (Å²) in [6.07, 6.45) is 0.678. The third-order valence-corrected chi connectivity index (χ3v) is 5.26. The summed E-state index contributed by atoms with van der Waals surface area (Å²) < 4.78 is 5.67. The topological polar surface area (TPSA) is 61.5 Å². The van der Waals surface area contributed by atoms with Gasteiger partial charge in [-0.3, -0.25) is 9.78 Å². The van der Waals surface area contributed by atoms with E-state index in [0.717, 1.165) is 24.3 Å². The summed E-state index contributed by atoms with van der Waals surface area (Å²) in [4.78, 5) is 24.2. The normalized spacial score (nSPS) is 13.8. The van der Waals surface area contributed by atoms with Gasteiger partial charge in [-0.1, -0.05) is 30.3 Å². The molecule has 3 aromatic rings. The summed E-state index contributed by atoms with van der Waals surface area (Å²) in [5, 5.41) is 2.50. The van der Waals surface area contributed by atoms with Gasteiger partial charge in [0.15, 0.2) is 0 Å². The molecule has 0 saturated heterocycles. The molecule has 0 aliphatic carbocycles. The summed E-state index contributed by atoms with van der Waals surface area (Å²) >= 11 is 0. The second-order valence-electron chi connectivity index (χ2n) is 7.57. The number of fused-ring (bicyclic) bond motifs is 2. The molecular weight excluding hydrogens is 352 g/mol. The van der Waals surface area contributed by atoms with Crippen molar-refractivity contribution >= 4 is 16.5 Å². The van der Waals surface area contributed by atoms with Crippen LogP contribution in [-0.2, 0) is 13.0 Å². The minimum atomic E-state index is -0.0846. The maximum Gasteiger partial charge on any atom is 0.296 e. The van der Waals surface area contributed by atoms with E-state index in [0.29, 0.717) is 25.6 Å². The van der Waals surface area contributed by atoms with Crippen LogP contribution in [0, 0.1) is 6.92 Å². The average molecular weight is 378 g/mol. The Morgan fingerprint density at radius 1 is 1.21 bits per heavy atom. The Hall–Kier alpha value is -2.86. The molecule has 2 aromatic carbocycles. The van der Waals surface area contributed by atoms with Gasteiger partial charge in [-0.05, 0) is 44.5 Å². The van der Waals surface area contributed by atoms with E-state index >= 15 is 0 Å². The zero-order valence-electron chi connectivity index (χ0n) is 16.7. The van der Waals surface area contributed by atoms with Crippen LogP contribution in [0.2, 0.25) is 0 Å². The Bertz CT molecular complexity index is 1050. The van der Waals surface area contributed by atoms with Crippen molar-refractivity contribution in [3.05, 3.63) is 63.6 Å². The minimum absolute atomic E-state index is 0.0846. The molecule has 0 saturated carbocycles. The predicted octanol–water partition coefficient (Wildman–Crippen LogP) is 2.73. The summed E-state index contributed by atoms with van der Waals surface area (Å²) in [5.74, 6) is 0. The molecule has 0 bridgehead atoms. The highest BCUT2D eigenvalue weighted by Crippen LogP contribution is 2.32. The highest BCUT2D eigenvalue weighted by atomic mass is 16.5. The van der Waals surface area contributed by atoms with E-state index in [1.165, 1.54) is 22.0 Å². The van der Waals surface area contributed by atoms with Crippen LogP contribution >= 0.6 is 0 Å². The number of hydrogen-bond acceptors (Lipinski definition) is 5. The van der Waals surface area contributed by atoms with Crippen LogP contribution in [0.25, 0.3) is 10.8 Å². The number of aromatic amines is 1. The first-order valence-electron chi connectivity index (χ1n) is 9.66. The lowest BCUT2D eigenvalue weighted by molar-refractivity contribution is 0.244. The van der Waals surface area contributed by atoms with Crippen molar-refractivity contribution in [2.75, 3.05) is 38.7 Å². The standard InChI is InChI=1S/C22H26N4O2/c1-15-6-4-7-16-8-5-9-19(20(15)16)26-11-10-17-18(14-26)23-22(24-21(17)27)28-13-12-25(2)3/h4-9H,10-14H2,1-3H3,(H,23,24,27). The average Bonchev–Trinajstić information content (AvgIpc) is 2.67. The van der Waals surface area contributed by atoms with Gasteiger partial charge in [0.2, 0.25) is 0 Å². The number of H-pyrrole nitrogens is 1. The Kier molecular flexibility index (Phi) is 5.05. The van der Waals surface area contributed by atoms with Gasteiger partial charge in [-0.2, -0.15) is 4.98 Å². The SMILES string of the molecule is Cc1cccc2cccc(N3CCc4c(nc(OCCN(C)C)[nH]c4=O)C3)c12. The van der Waals surface area contributed by atoms with E-state index in [1.807, 2.05) is 19.0 Å². The Morgan fingerprint density at radius 2 is 2.00 bits per heavy atom. The fourth-order valence-electron chi connectivity index (χ4n) is 3.78. The zero-order chi connectivity index (χ0) is 19.7. The van der Waals surface area contributed by atoms with E-state index < -0.39 is 0 Å². The van der Waals surface area contributed by atoms with E-state index in [4.69, 9.17) is 4.74 Å². The highest BCUT2D eigenvalue weighted by molar-refractivity contribution is 5.96. The lowest BCUT2D eigenvalue weighted by Crippen LogP contribution is -2.35. The van der Waals surface area contributed by atoms with Gasteiger partial charge >= 0.3 is 0 Å². The largest absolute Gasteiger partial charge is 0.463 e. The quantitative estimate of drug-likeness (QED) is 0.740. The van der Waals surface area contributed by atoms with Crippen molar-refractivity contribution in [1.29, 1.82) is 0 Å². The number of rotatable bonds is 5. The predicted molar refractivity (Wildman–Crippen MR) is 112 cm³/mol. The summed E-state index contributed by atoms with van der Waals surface area (Å²) in [6, 6.07) is 13.1. The molecule has 0 radical (unpaired) electrons. The van der Waals surface area contributed by atoms with Crippen LogP contribution in [0.15, 0.2) is 41.2 Å². The number of aryl methyl sites for hydroxylation is 1. The van der Waals surface area contributed by atoms with Crippen LogP contribution in [0.5, 0.6) is 6.01 Å². The molecule has 1 N–H and O–H groups in total. The molecular formula is C22H26N4O2. The van der Waals surface area contributed by atoms with Crippen molar-refractivity contribution in [2.24, 2.45) is 0 Å². The number of anilines is 1. The van der Waals surface area contributed by atoms with Crippen LogP contribution in [-0.4, -0.2) is 48.7 Å². The Morgan fingerprint density at radius 3 is 2.79 bits per heavy atom. The van der Waals surface area contributed by atoms with Gasteiger partial charge in [0.05, 0.1) is 12.2 Å². The number of nitrogens with one attached hydrogen (secondary N) is 1. The molecule has 28 heavy (non-hydrogen) atoms. The zero-order valence-corrected chi connectivity index (χ0v) is 16.7. The van der Waals surface area contributed by atoms with E-state index in [2.05, 4.69) is 58.2 Å². The van der Waals surface area contributed by atoms with Gasteiger partial charge < -0.3 is 14.5 Å². The molecule has 0 spiro atoms. The maximum absolute atomic E-state index is 12.5. The molecule has 4 rings (SSSR count). The van der Waals surface area contributed by atoms with Crippen molar-refractivity contribution in [3.63, 3.8) is 0 Å². The van der Waals surface area contributed by atoms with E-state index in [-0.39, 0.29) is 5.56 Å². The summed E-state index contributed by atoms with van der Waals surface area (Å²) in [5.41, 5.74) is 3.94. The Labute approximate surface area is 164 Å². The molecule has 0 atom stereocenters. The third-order valence-electron chi connectivity index (χ3n) is 5.26. The number of likely N-dealkylation sites (N-methyl/N-ethyl adjacent to an activating group) is 1. The molecule has 6 nitrogen and oxygen atoms in total. The Balaban J connectivity index is 1.65. The monoisotopic (exact) mass is 378 g/mol. The lowest BCUT2D eigenvalue weighted by atomic mass is 10.0. The molecule has 1 aliphatic heterocycles. The van der Waals surface area contributed by atoms with Crippen LogP contribution in [0.4, 0.5) is 5.69 Å². The minimum Gasteiger partial charge on any atom is -0.463 e. The van der Waals surface area contributed by atoms with Crippen LogP contribution in [0.3, 0.4) is 0 Å². The third kappa shape index (κ3) is 3.60. The lowest BCUT2D eigenvalue weighted by Gasteiger charge is -2.31. The van der Waals surface area contributed by atoms with Gasteiger partial charge in [-0.25, -0.2) is 0 Å². The number of ether oxygens (including phenoxy) is 1. The van der Waals surface area contributed by atoms with Crippen LogP contribution in [0.1, 0.15) is 16.8 Å². The van der Waals surface area contributed by atoms with Crippen molar-refractivity contribution in [3.8, 4) is 6.01 Å². The fourth-order valence-corrected chi connectivity index (χ4v) is 3.78. The van der Waals surface area contributed by atoms with Crippen LogP contribution < -0.4 is 15.2 Å². The first-order valence-corrected chi connectivity index (χ1v) is 9.66. The molecule has 1 aromatic heterocycles. The van der Waals surface area contributed by atoms with Crippen molar-refractivity contribution in [2.45, 2.75) is 19.9 Å². The number of aromatic nitrogens is 2. The molecule has 146 valence electrons. The van der Waals surface area contributed by atoms with E-state index in [9.17, 15) is 4.79 Å². The summed E-state index contributed by atoms with van der Waals surface area (Å²) in [7, 11) is 3.97. The van der Waals surface area contributed by atoms with E-state index in [1.54, 1.807) is 0 Å². The number of hydrogen-bond donors (Lipinski definition) is 1. The van der Waals surface area contributed by atoms with Gasteiger partial charge in [0.1, 0.15) is 6.61 Å². The molecule has 0 unspecified atom stereocenters. The number of nitrogens with zero attached hydrogens (tertiary/aromatic N) is 3. The van der Waals surface area contributed by atoms with Gasteiger partial charge in [0, 0.05) is 29.7 Å². The molecule has 0 amide bonds. The fraction of sp³-hybridized carbons (Fsp3) is 0.364. The smallest absolute Gasteiger partial charge is 0.296 e. The van der Waals surface area contributed by atoms with Gasteiger partial charge in [-0.15, -0.1) is 0 Å². The second kappa shape index (κ2) is 7.64. The maximum atomic E-state index is 12.5. The number of benzene rings is 2. The van der Waals surface area contributed by atoms with Crippen molar-refractivity contribution < 1.29 is 4.74 Å². The first kappa shape index (κ1) is 18.5. The summed E-state index contributed by atoms with van der Waals surface area (Å²) in [6.45, 7) is 4.80. The van der Waals surface area contributed by atoms with Crippen molar-refractivity contribution in [1.82, 2.24) is 14.9 Å². The first-order chi connectivity index (χ1) is 13.5.